The number of aliphatic hydroxyl groups is 1. The molecule has 9 rings (SSSR count). The van der Waals surface area contributed by atoms with Gasteiger partial charge in [0, 0.05) is 96.9 Å². The predicted octanol–water partition coefficient (Wildman–Crippen LogP) is 5.03. The third-order valence-corrected chi connectivity index (χ3v) is 15.4. The van der Waals surface area contributed by atoms with Gasteiger partial charge in [0.2, 0.25) is 11.5 Å². The molecule has 0 amide bonds. The van der Waals surface area contributed by atoms with Crippen LogP contribution in [0.4, 0.5) is 14.5 Å². The molecule has 14 heteroatoms. The number of fused-ring (bicyclic) bond motifs is 6. The Morgan fingerprint density at radius 3 is 2.51 bits per heavy atom. The number of para-hydroxylation sites is 1. The molecule has 1 spiro atoms. The number of aromatic amines is 1. The number of H-pyrrole nitrogens is 1. The predicted molar refractivity (Wildman–Crippen MR) is 215 cm³/mol. The highest BCUT2D eigenvalue weighted by Gasteiger charge is 2.80. The number of carboxylic acids is 1. The first kappa shape index (κ1) is 39.9. The summed E-state index contributed by atoms with van der Waals surface area (Å²) in [4.78, 5) is 51.7. The van der Waals surface area contributed by atoms with E-state index < -0.39 is 69.8 Å². The van der Waals surface area contributed by atoms with E-state index in [0.717, 1.165) is 29.0 Å². The third kappa shape index (κ3) is 5.24. The lowest BCUT2D eigenvalue weighted by atomic mass is 9.47. The number of aromatic nitrogens is 1. The minimum Gasteiger partial charge on any atom is -0.496 e. The second-order valence-corrected chi connectivity index (χ2v) is 18.1. The fourth-order valence-corrected chi connectivity index (χ4v) is 13.3. The van der Waals surface area contributed by atoms with Crippen molar-refractivity contribution in [1.82, 2.24) is 14.8 Å². The van der Waals surface area contributed by atoms with Crippen LogP contribution in [-0.2, 0) is 41.1 Å². The molecule has 3 aromatic rings. The molecule has 2 bridgehead atoms. The molecular formula is C45H54F2N4O8. The Morgan fingerprint density at radius 1 is 1.07 bits per heavy atom. The van der Waals surface area contributed by atoms with Gasteiger partial charge in [0.15, 0.2) is 6.10 Å². The SMILES string of the molecule is CC[C@]12C=CCN3CC[C@@]4(c5cc([C@@]6(C(=O)OC)C[C@H]7C[C@@H](C(C)(F)F)CN(CCc8c6[nH]c6ccccc86)C7)c(OC)cc5N(C)[C@H]4[C@@](O)(C(=O)O)[C@@H]1OC(C)=O)[C@@H]32. The minimum atomic E-state index is -2.94. The number of likely N-dealkylation sites (N-methyl/N-ethyl adjacent to an activating group) is 1. The summed E-state index contributed by atoms with van der Waals surface area (Å²) in [6.45, 7) is 6.57. The number of aliphatic carboxylic acids is 1. The van der Waals surface area contributed by atoms with E-state index in [2.05, 4.69) is 14.8 Å². The van der Waals surface area contributed by atoms with E-state index in [0.29, 0.717) is 68.1 Å². The standard InChI is InChI=1S/C45H54F2N4O8/c1-7-42-14-10-16-51-18-15-43(36(42)51)30-20-31(34(57-5)21-33(30)49(4)37(43)45(56,39(53)54)38(42)59-25(2)52)44(40(55)58-6)22-26-19-27(41(3,46)47)24-50(23-26)17-13-29-28-11-8-9-12-32(28)48-35(29)44/h8-12,14,20-21,26-27,36-38,48,56H,7,13,15-19,22-24H2,1-6H3,(H,53,54)/t26-,27-,36+,37-,38-,42-,43-,44+,45+/m1/s1. The van der Waals surface area contributed by atoms with Crippen molar-refractivity contribution < 1.29 is 47.6 Å². The summed E-state index contributed by atoms with van der Waals surface area (Å²) in [6.07, 6.45) is 4.12. The smallest absolute Gasteiger partial charge is 0.341 e. The highest BCUT2D eigenvalue weighted by atomic mass is 19.3. The fourth-order valence-electron chi connectivity index (χ4n) is 13.3. The van der Waals surface area contributed by atoms with E-state index in [1.807, 2.05) is 55.5 Å². The van der Waals surface area contributed by atoms with E-state index in [4.69, 9.17) is 14.2 Å². The third-order valence-electron chi connectivity index (χ3n) is 15.4. The number of piperidine rings is 1. The summed E-state index contributed by atoms with van der Waals surface area (Å²) in [5.41, 5.74) is -2.15. The van der Waals surface area contributed by atoms with E-state index in [1.165, 1.54) is 21.1 Å². The first-order valence-electron chi connectivity index (χ1n) is 20.8. The Hall–Kier alpha value is -4.53. The number of carbonyl (C=O) groups excluding carboxylic acids is 2. The Kier molecular flexibility index (Phi) is 9.12. The topological polar surface area (TPSA) is 145 Å². The summed E-state index contributed by atoms with van der Waals surface area (Å²) in [7, 11) is 4.62. The molecule has 59 heavy (non-hydrogen) atoms. The molecule has 3 fully saturated rings. The van der Waals surface area contributed by atoms with Gasteiger partial charge < -0.3 is 39.2 Å². The van der Waals surface area contributed by atoms with Crippen LogP contribution in [-0.4, -0.2) is 127 Å². The van der Waals surface area contributed by atoms with E-state index in [9.17, 15) is 19.8 Å². The zero-order chi connectivity index (χ0) is 42.0. The molecule has 1 aromatic heterocycles. The van der Waals surface area contributed by atoms with Gasteiger partial charge in [0.05, 0.1) is 20.3 Å². The van der Waals surface area contributed by atoms with E-state index in [-0.39, 0.29) is 25.3 Å². The van der Waals surface area contributed by atoms with Gasteiger partial charge in [-0.1, -0.05) is 37.3 Å². The fraction of sp³-hybridized carbons (Fsp3) is 0.578. The number of alkyl halides is 2. The van der Waals surface area contributed by atoms with Crippen molar-refractivity contribution >= 4 is 34.5 Å². The quantitative estimate of drug-likeness (QED) is 0.218. The molecule has 10 atom stereocenters. The lowest BCUT2D eigenvalue weighted by Gasteiger charge is -2.63. The van der Waals surface area contributed by atoms with Crippen molar-refractivity contribution in [2.24, 2.45) is 17.3 Å². The maximum absolute atomic E-state index is 15.3. The second-order valence-electron chi connectivity index (χ2n) is 18.1. The average molecular weight is 817 g/mol. The number of benzene rings is 2. The number of nitrogens with one attached hydrogen (secondary N) is 1. The Bertz CT molecular complexity index is 2270. The normalized spacial score (nSPS) is 36.1. The summed E-state index contributed by atoms with van der Waals surface area (Å²) in [5.74, 6) is -6.65. The first-order chi connectivity index (χ1) is 28.0. The number of ether oxygens (including phenoxy) is 3. The minimum absolute atomic E-state index is 0.134. The largest absolute Gasteiger partial charge is 0.496 e. The van der Waals surface area contributed by atoms with Crippen LogP contribution in [0.2, 0.25) is 0 Å². The number of rotatable bonds is 7. The summed E-state index contributed by atoms with van der Waals surface area (Å²) in [5, 5.41) is 25.1. The number of anilines is 1. The van der Waals surface area contributed by atoms with Crippen LogP contribution in [0.1, 0.15) is 68.8 Å². The van der Waals surface area contributed by atoms with Crippen LogP contribution < -0.4 is 9.64 Å². The zero-order valence-electron chi connectivity index (χ0n) is 34.5. The van der Waals surface area contributed by atoms with Gasteiger partial charge in [0.25, 0.3) is 0 Å². The molecule has 5 aliphatic heterocycles. The molecule has 1 aliphatic carbocycles. The maximum Gasteiger partial charge on any atom is 0.341 e. The number of carboxylic acid groups (broad SMARTS) is 1. The molecule has 0 radical (unpaired) electrons. The van der Waals surface area contributed by atoms with Gasteiger partial charge in [-0.25, -0.2) is 13.6 Å². The molecule has 2 aromatic carbocycles. The van der Waals surface area contributed by atoms with Crippen molar-refractivity contribution in [3.05, 3.63) is 70.9 Å². The number of carbonyl (C=O) groups is 3. The molecule has 1 saturated carbocycles. The van der Waals surface area contributed by atoms with Crippen LogP contribution >= 0.6 is 0 Å². The van der Waals surface area contributed by atoms with Crippen molar-refractivity contribution in [3.8, 4) is 5.75 Å². The Balaban J connectivity index is 1.35. The summed E-state index contributed by atoms with van der Waals surface area (Å²) < 4.78 is 48.7. The Labute approximate surface area is 342 Å². The van der Waals surface area contributed by atoms with Crippen LogP contribution in [0.3, 0.4) is 0 Å². The highest BCUT2D eigenvalue weighted by Crippen LogP contribution is 2.68. The van der Waals surface area contributed by atoms with Crippen molar-refractivity contribution in [1.29, 1.82) is 0 Å². The lowest BCUT2D eigenvalue weighted by molar-refractivity contribution is -0.226. The van der Waals surface area contributed by atoms with Crippen molar-refractivity contribution in [2.45, 2.75) is 93.4 Å². The molecule has 6 heterocycles. The molecule has 12 nitrogen and oxygen atoms in total. The molecule has 3 N–H and O–H groups in total. The molecule has 1 unspecified atom stereocenters. The molecular weight excluding hydrogens is 763 g/mol. The zero-order valence-corrected chi connectivity index (χ0v) is 34.5. The summed E-state index contributed by atoms with van der Waals surface area (Å²) >= 11 is 0. The number of halogens is 2. The van der Waals surface area contributed by atoms with E-state index >= 15 is 13.6 Å². The summed E-state index contributed by atoms with van der Waals surface area (Å²) in [6, 6.07) is 10.1. The molecule has 316 valence electrons. The van der Waals surface area contributed by atoms with Crippen LogP contribution in [0.15, 0.2) is 48.6 Å². The lowest BCUT2D eigenvalue weighted by Crippen LogP contribution is -2.81. The number of methoxy groups -OCH3 is 2. The van der Waals surface area contributed by atoms with E-state index in [1.54, 1.807) is 11.9 Å². The van der Waals surface area contributed by atoms with Gasteiger partial charge in [-0.2, -0.15) is 0 Å². The van der Waals surface area contributed by atoms with Gasteiger partial charge >= 0.3 is 17.9 Å². The van der Waals surface area contributed by atoms with Crippen molar-refractivity contribution in [2.75, 3.05) is 58.9 Å². The van der Waals surface area contributed by atoms with Crippen LogP contribution in [0, 0.1) is 17.3 Å². The number of hydrogen-bond acceptors (Lipinski definition) is 10. The first-order valence-corrected chi connectivity index (χ1v) is 20.8. The number of hydrogen-bond donors (Lipinski definition) is 3. The average Bonchev–Trinajstić information content (AvgIpc) is 3.87. The maximum atomic E-state index is 15.3. The monoisotopic (exact) mass is 816 g/mol. The molecule has 6 aliphatic rings. The highest BCUT2D eigenvalue weighted by molar-refractivity contribution is 5.95. The van der Waals surface area contributed by atoms with Gasteiger partial charge in [-0.05, 0) is 74.8 Å². The second kappa shape index (κ2) is 13.5. The van der Waals surface area contributed by atoms with Gasteiger partial charge in [-0.15, -0.1) is 0 Å². The Morgan fingerprint density at radius 2 is 1.83 bits per heavy atom. The van der Waals surface area contributed by atoms with Crippen molar-refractivity contribution in [3.63, 3.8) is 0 Å². The molecule has 2 saturated heterocycles. The number of esters is 2. The van der Waals surface area contributed by atoms with Crippen LogP contribution in [0.5, 0.6) is 5.75 Å². The van der Waals surface area contributed by atoms with Gasteiger partial charge in [0.1, 0.15) is 11.2 Å². The number of nitrogens with zero attached hydrogens (tertiary/aromatic N) is 3. The van der Waals surface area contributed by atoms with Crippen LogP contribution in [0.25, 0.3) is 10.9 Å². The van der Waals surface area contributed by atoms with Gasteiger partial charge in [-0.3, -0.25) is 14.5 Å².